The third-order valence-electron chi connectivity index (χ3n) is 3.07. The van der Waals surface area contributed by atoms with Gasteiger partial charge in [-0.05, 0) is 35.0 Å². The van der Waals surface area contributed by atoms with Crippen LogP contribution in [0.3, 0.4) is 0 Å². The van der Waals surface area contributed by atoms with E-state index in [1.54, 1.807) is 6.20 Å². The van der Waals surface area contributed by atoms with Crippen molar-refractivity contribution < 1.29 is 0 Å². The van der Waals surface area contributed by atoms with E-state index in [2.05, 4.69) is 36.2 Å². The highest BCUT2D eigenvalue weighted by Gasteiger charge is 2.10. The summed E-state index contributed by atoms with van der Waals surface area (Å²) in [7, 11) is 1.84. The Labute approximate surface area is 125 Å². The molecule has 0 spiro atoms. The Hall–Kier alpha value is -2.01. The van der Waals surface area contributed by atoms with E-state index in [-0.39, 0.29) is 0 Å². The number of aryl methyl sites for hydroxylation is 1. The molecule has 3 rings (SSSR count). The van der Waals surface area contributed by atoms with Crippen molar-refractivity contribution in [2.45, 2.75) is 6.92 Å². The Morgan fingerprint density at radius 1 is 1.15 bits per heavy atom. The van der Waals surface area contributed by atoms with Gasteiger partial charge in [0.15, 0.2) is 5.82 Å². The molecule has 3 aromatic rings. The van der Waals surface area contributed by atoms with Crippen molar-refractivity contribution in [2.75, 3.05) is 12.4 Å². The molecule has 1 aromatic carbocycles. The van der Waals surface area contributed by atoms with Gasteiger partial charge in [0.05, 0.1) is 9.99 Å². The Morgan fingerprint density at radius 3 is 2.75 bits per heavy atom. The Bertz CT molecular complexity index is 786. The number of nitrogens with zero attached hydrogens (tertiary/aromatic N) is 3. The molecule has 0 atom stereocenters. The lowest BCUT2D eigenvalue weighted by Gasteiger charge is -2.09. The Kier molecular flexibility index (Phi) is 3.36. The van der Waals surface area contributed by atoms with Gasteiger partial charge in [0, 0.05) is 29.9 Å². The van der Waals surface area contributed by atoms with Crippen LogP contribution in [0.4, 0.5) is 5.82 Å². The number of para-hydroxylation sites is 1. The zero-order valence-corrected chi connectivity index (χ0v) is 12.8. The van der Waals surface area contributed by atoms with Crippen molar-refractivity contribution in [1.82, 2.24) is 15.0 Å². The molecule has 0 aliphatic carbocycles. The van der Waals surface area contributed by atoms with Crippen molar-refractivity contribution in [2.24, 2.45) is 0 Å². The van der Waals surface area contributed by atoms with Gasteiger partial charge in [-0.25, -0.2) is 9.97 Å². The van der Waals surface area contributed by atoms with Crippen LogP contribution in [0.2, 0.25) is 0 Å². The molecular formula is C15H13BrN4. The summed E-state index contributed by atoms with van der Waals surface area (Å²) in [5.41, 5.74) is 2.91. The molecule has 2 heterocycles. The predicted octanol–water partition coefficient (Wildman–Crippen LogP) is 3.80. The molecular weight excluding hydrogens is 316 g/mol. The average molecular weight is 329 g/mol. The van der Waals surface area contributed by atoms with Crippen LogP contribution < -0.4 is 5.32 Å². The molecule has 0 aliphatic rings. The van der Waals surface area contributed by atoms with E-state index >= 15 is 0 Å². The number of rotatable bonds is 2. The first-order valence-electron chi connectivity index (χ1n) is 6.26. The first-order valence-corrected chi connectivity index (χ1v) is 7.05. The summed E-state index contributed by atoms with van der Waals surface area (Å²) in [5, 5.41) is 4.11. The van der Waals surface area contributed by atoms with Crippen molar-refractivity contribution >= 4 is 32.7 Å². The highest BCUT2D eigenvalue weighted by molar-refractivity contribution is 9.10. The molecule has 0 unspecified atom stereocenters. The molecule has 0 bridgehead atoms. The molecule has 0 saturated carbocycles. The number of anilines is 1. The highest BCUT2D eigenvalue weighted by atomic mass is 79.9. The Morgan fingerprint density at radius 2 is 1.95 bits per heavy atom. The van der Waals surface area contributed by atoms with Gasteiger partial charge in [0.2, 0.25) is 0 Å². The molecule has 1 N–H and O–H groups in total. The number of pyridine rings is 1. The largest absolute Gasteiger partial charge is 0.372 e. The molecule has 0 amide bonds. The molecule has 4 nitrogen and oxygen atoms in total. The van der Waals surface area contributed by atoms with E-state index in [1.165, 1.54) is 0 Å². The maximum Gasteiger partial charge on any atom is 0.162 e. The fourth-order valence-corrected chi connectivity index (χ4v) is 2.55. The molecule has 0 saturated heterocycles. The monoisotopic (exact) mass is 328 g/mol. The molecule has 0 fully saturated rings. The zero-order chi connectivity index (χ0) is 14.1. The zero-order valence-electron chi connectivity index (χ0n) is 11.2. The van der Waals surface area contributed by atoms with Gasteiger partial charge in [0.1, 0.15) is 5.82 Å². The number of halogens is 1. The fraction of sp³-hybridized carbons (Fsp3) is 0.133. The smallest absolute Gasteiger partial charge is 0.162 e. The number of fused-ring (bicyclic) bond motifs is 1. The minimum absolute atomic E-state index is 0.694. The summed E-state index contributed by atoms with van der Waals surface area (Å²) in [6.07, 6.45) is 1.76. The van der Waals surface area contributed by atoms with Gasteiger partial charge in [-0.15, -0.1) is 0 Å². The molecule has 100 valence electrons. The SMILES string of the molecule is CNc1nc(-c2cc(C)nc3ccccc23)ncc1Br. The highest BCUT2D eigenvalue weighted by Crippen LogP contribution is 2.28. The minimum Gasteiger partial charge on any atom is -0.372 e. The first kappa shape index (κ1) is 13.0. The molecule has 0 radical (unpaired) electrons. The summed E-state index contributed by atoms with van der Waals surface area (Å²) in [5.74, 6) is 1.47. The van der Waals surface area contributed by atoms with E-state index in [1.807, 2.05) is 44.3 Å². The van der Waals surface area contributed by atoms with Crippen molar-refractivity contribution in [1.29, 1.82) is 0 Å². The van der Waals surface area contributed by atoms with Gasteiger partial charge in [-0.3, -0.25) is 4.98 Å². The summed E-state index contributed by atoms with van der Waals surface area (Å²) < 4.78 is 0.846. The maximum atomic E-state index is 4.56. The lowest BCUT2D eigenvalue weighted by Crippen LogP contribution is -1.99. The van der Waals surface area contributed by atoms with E-state index in [4.69, 9.17) is 0 Å². The van der Waals surface area contributed by atoms with Crippen LogP contribution in [0.15, 0.2) is 41.0 Å². The second-order valence-corrected chi connectivity index (χ2v) is 5.32. The molecule has 0 aliphatic heterocycles. The minimum atomic E-state index is 0.694. The van der Waals surface area contributed by atoms with Gasteiger partial charge in [-0.1, -0.05) is 18.2 Å². The van der Waals surface area contributed by atoms with E-state index in [0.717, 1.165) is 32.5 Å². The molecule has 2 aromatic heterocycles. The number of benzene rings is 1. The molecule has 5 heteroatoms. The predicted molar refractivity (Wildman–Crippen MR) is 84.8 cm³/mol. The number of hydrogen-bond acceptors (Lipinski definition) is 4. The lowest BCUT2D eigenvalue weighted by atomic mass is 10.1. The van der Waals surface area contributed by atoms with Crippen LogP contribution in [-0.4, -0.2) is 22.0 Å². The van der Waals surface area contributed by atoms with E-state index in [9.17, 15) is 0 Å². The van der Waals surface area contributed by atoms with Crippen molar-refractivity contribution in [3.8, 4) is 11.4 Å². The summed E-state index contributed by atoms with van der Waals surface area (Å²) in [4.78, 5) is 13.5. The van der Waals surface area contributed by atoms with Crippen LogP contribution in [0.25, 0.3) is 22.3 Å². The standard InChI is InChI=1S/C15H13BrN4/c1-9-7-11(10-5-3-4-6-13(10)19-9)14-18-8-12(16)15(17-2)20-14/h3-8H,1-2H3,(H,17,18,20). The van der Waals surface area contributed by atoms with E-state index in [0.29, 0.717) is 5.82 Å². The fourth-order valence-electron chi connectivity index (χ4n) is 2.17. The van der Waals surface area contributed by atoms with Crippen LogP contribution in [-0.2, 0) is 0 Å². The third kappa shape index (κ3) is 2.25. The normalized spacial score (nSPS) is 10.8. The number of hydrogen-bond donors (Lipinski definition) is 1. The van der Waals surface area contributed by atoms with Crippen molar-refractivity contribution in [3.63, 3.8) is 0 Å². The summed E-state index contributed by atoms with van der Waals surface area (Å²) >= 11 is 3.43. The van der Waals surface area contributed by atoms with Crippen molar-refractivity contribution in [3.05, 3.63) is 46.7 Å². The lowest BCUT2D eigenvalue weighted by molar-refractivity contribution is 1.15. The second-order valence-electron chi connectivity index (χ2n) is 4.47. The topological polar surface area (TPSA) is 50.7 Å². The summed E-state index contributed by atoms with van der Waals surface area (Å²) in [6, 6.07) is 10.1. The quantitative estimate of drug-likeness (QED) is 0.777. The first-order chi connectivity index (χ1) is 9.69. The van der Waals surface area contributed by atoms with Gasteiger partial charge >= 0.3 is 0 Å². The van der Waals surface area contributed by atoms with E-state index < -0.39 is 0 Å². The average Bonchev–Trinajstić information content (AvgIpc) is 2.47. The van der Waals surface area contributed by atoms with Crippen LogP contribution >= 0.6 is 15.9 Å². The van der Waals surface area contributed by atoms with Crippen LogP contribution in [0.5, 0.6) is 0 Å². The van der Waals surface area contributed by atoms with Gasteiger partial charge in [-0.2, -0.15) is 0 Å². The number of aromatic nitrogens is 3. The third-order valence-corrected chi connectivity index (χ3v) is 3.65. The second kappa shape index (κ2) is 5.17. The van der Waals surface area contributed by atoms with Crippen LogP contribution in [0, 0.1) is 6.92 Å². The van der Waals surface area contributed by atoms with Crippen LogP contribution in [0.1, 0.15) is 5.69 Å². The maximum absolute atomic E-state index is 4.56. The van der Waals surface area contributed by atoms with Gasteiger partial charge < -0.3 is 5.32 Å². The molecule has 20 heavy (non-hydrogen) atoms. The van der Waals surface area contributed by atoms with Gasteiger partial charge in [0.25, 0.3) is 0 Å². The number of nitrogens with one attached hydrogen (secondary N) is 1. The summed E-state index contributed by atoms with van der Waals surface area (Å²) in [6.45, 7) is 1.98. The Balaban J connectivity index is 2.28.